The summed E-state index contributed by atoms with van der Waals surface area (Å²) in [7, 11) is 0. The number of benzene rings is 1. The molecule has 0 saturated heterocycles. The summed E-state index contributed by atoms with van der Waals surface area (Å²) < 4.78 is 13.7. The number of halogens is 1. The quantitative estimate of drug-likeness (QED) is 0.885. The molecule has 0 atom stereocenters. The molecular formula is C14H16FN3. The first-order valence-electron chi connectivity index (χ1n) is 5.78. The highest BCUT2D eigenvalue weighted by Crippen LogP contribution is 2.23. The number of hydrogen-bond donors (Lipinski definition) is 1. The molecule has 0 radical (unpaired) electrons. The zero-order chi connectivity index (χ0) is 13.3. The van der Waals surface area contributed by atoms with Crippen LogP contribution < -0.4 is 5.73 Å². The van der Waals surface area contributed by atoms with Crippen molar-refractivity contribution in [2.24, 2.45) is 5.73 Å². The highest BCUT2D eigenvalue weighted by molar-refractivity contribution is 5.60. The lowest BCUT2D eigenvalue weighted by Crippen LogP contribution is -2.31. The fourth-order valence-corrected chi connectivity index (χ4v) is 1.66. The molecule has 0 aliphatic carbocycles. The molecule has 2 N–H and O–H groups in total. The Balaban J connectivity index is 2.60. The second kappa shape index (κ2) is 4.46. The van der Waals surface area contributed by atoms with Crippen molar-refractivity contribution in [1.29, 1.82) is 0 Å². The summed E-state index contributed by atoms with van der Waals surface area (Å²) in [5.41, 5.74) is 7.15. The summed E-state index contributed by atoms with van der Waals surface area (Å²) in [6.07, 6.45) is 0. The van der Waals surface area contributed by atoms with Crippen LogP contribution >= 0.6 is 0 Å². The predicted octanol–water partition coefficient (Wildman–Crippen LogP) is 2.78. The average Bonchev–Trinajstić information content (AvgIpc) is 2.27. The molecule has 4 heteroatoms. The van der Waals surface area contributed by atoms with E-state index in [1.807, 2.05) is 20.8 Å². The predicted molar refractivity (Wildman–Crippen MR) is 69.4 cm³/mol. The molecule has 0 amide bonds. The van der Waals surface area contributed by atoms with E-state index in [0.29, 0.717) is 17.1 Å². The van der Waals surface area contributed by atoms with Gasteiger partial charge in [-0.1, -0.05) is 12.1 Å². The lowest BCUT2D eigenvalue weighted by molar-refractivity contribution is 0.512. The Labute approximate surface area is 106 Å². The maximum atomic E-state index is 13.7. The first-order valence-corrected chi connectivity index (χ1v) is 5.78. The van der Waals surface area contributed by atoms with E-state index < -0.39 is 5.54 Å². The summed E-state index contributed by atoms with van der Waals surface area (Å²) in [4.78, 5) is 8.66. The van der Waals surface area contributed by atoms with Gasteiger partial charge >= 0.3 is 0 Å². The van der Waals surface area contributed by atoms with Gasteiger partial charge in [0.15, 0.2) is 0 Å². The zero-order valence-corrected chi connectivity index (χ0v) is 10.7. The van der Waals surface area contributed by atoms with Crippen molar-refractivity contribution < 1.29 is 4.39 Å². The van der Waals surface area contributed by atoms with Crippen LogP contribution in [0.1, 0.15) is 25.4 Å². The van der Waals surface area contributed by atoms with Crippen LogP contribution in [0, 0.1) is 12.7 Å². The van der Waals surface area contributed by atoms with E-state index >= 15 is 0 Å². The van der Waals surface area contributed by atoms with Crippen LogP contribution in [0.5, 0.6) is 0 Å². The van der Waals surface area contributed by atoms with Gasteiger partial charge in [0.2, 0.25) is 0 Å². The first-order chi connectivity index (χ1) is 8.38. The summed E-state index contributed by atoms with van der Waals surface area (Å²) in [5.74, 6) is 0.220. The molecule has 0 saturated carbocycles. The molecule has 0 aliphatic rings. The number of rotatable bonds is 2. The maximum Gasteiger partial charge on any atom is 0.148 e. The Morgan fingerprint density at radius 2 is 1.83 bits per heavy atom. The SMILES string of the molecule is Cc1cc(-c2ccccc2F)nc(C(C)(C)N)n1. The summed E-state index contributed by atoms with van der Waals surface area (Å²) in [6, 6.07) is 8.31. The Morgan fingerprint density at radius 1 is 1.17 bits per heavy atom. The van der Waals surface area contributed by atoms with Gasteiger partial charge in [-0.15, -0.1) is 0 Å². The monoisotopic (exact) mass is 245 g/mol. The molecule has 3 nitrogen and oxygen atoms in total. The van der Waals surface area contributed by atoms with Crippen molar-refractivity contribution in [2.75, 3.05) is 0 Å². The fourth-order valence-electron chi connectivity index (χ4n) is 1.66. The standard InChI is InChI=1S/C14H16FN3/c1-9-8-12(10-6-4-5-7-11(10)15)18-13(17-9)14(2,3)16/h4-8H,16H2,1-3H3. The van der Waals surface area contributed by atoms with E-state index in [1.54, 1.807) is 24.3 Å². The third-order valence-corrected chi connectivity index (χ3v) is 2.58. The molecule has 0 bridgehead atoms. The van der Waals surface area contributed by atoms with Crippen LogP contribution in [0.2, 0.25) is 0 Å². The van der Waals surface area contributed by atoms with E-state index in [1.165, 1.54) is 6.07 Å². The van der Waals surface area contributed by atoms with Crippen molar-refractivity contribution in [3.05, 3.63) is 47.7 Å². The van der Waals surface area contributed by atoms with Crippen LogP contribution in [0.25, 0.3) is 11.3 Å². The molecule has 0 aliphatic heterocycles. The lowest BCUT2D eigenvalue weighted by Gasteiger charge is -2.18. The number of nitrogens with two attached hydrogens (primary N) is 1. The Kier molecular flexibility index (Phi) is 3.13. The molecule has 1 aromatic heterocycles. The van der Waals surface area contributed by atoms with E-state index in [-0.39, 0.29) is 5.82 Å². The van der Waals surface area contributed by atoms with E-state index in [4.69, 9.17) is 5.73 Å². The van der Waals surface area contributed by atoms with E-state index in [2.05, 4.69) is 9.97 Å². The molecular weight excluding hydrogens is 229 g/mol. The highest BCUT2D eigenvalue weighted by atomic mass is 19.1. The molecule has 0 fully saturated rings. The average molecular weight is 245 g/mol. The smallest absolute Gasteiger partial charge is 0.148 e. The van der Waals surface area contributed by atoms with Gasteiger partial charge in [-0.3, -0.25) is 0 Å². The third-order valence-electron chi connectivity index (χ3n) is 2.58. The minimum atomic E-state index is -0.647. The van der Waals surface area contributed by atoms with Gasteiger partial charge < -0.3 is 5.73 Å². The van der Waals surface area contributed by atoms with Gasteiger partial charge in [0.25, 0.3) is 0 Å². The summed E-state index contributed by atoms with van der Waals surface area (Å²) in [6.45, 7) is 5.50. The van der Waals surface area contributed by atoms with Crippen LogP contribution in [0.3, 0.4) is 0 Å². The van der Waals surface area contributed by atoms with E-state index in [9.17, 15) is 4.39 Å². The van der Waals surface area contributed by atoms with Crippen molar-refractivity contribution in [3.8, 4) is 11.3 Å². The van der Waals surface area contributed by atoms with Gasteiger partial charge in [0.1, 0.15) is 11.6 Å². The van der Waals surface area contributed by atoms with Gasteiger partial charge in [-0.2, -0.15) is 0 Å². The second-order valence-corrected chi connectivity index (χ2v) is 4.92. The van der Waals surface area contributed by atoms with Crippen molar-refractivity contribution in [2.45, 2.75) is 26.3 Å². The van der Waals surface area contributed by atoms with Gasteiger partial charge in [-0.25, -0.2) is 14.4 Å². The van der Waals surface area contributed by atoms with Crippen molar-refractivity contribution in [3.63, 3.8) is 0 Å². The van der Waals surface area contributed by atoms with Crippen molar-refractivity contribution in [1.82, 2.24) is 9.97 Å². The Hall–Kier alpha value is -1.81. The molecule has 0 spiro atoms. The van der Waals surface area contributed by atoms with Crippen LogP contribution in [-0.4, -0.2) is 9.97 Å². The fraction of sp³-hybridized carbons (Fsp3) is 0.286. The maximum absolute atomic E-state index is 13.7. The topological polar surface area (TPSA) is 51.8 Å². The van der Waals surface area contributed by atoms with Crippen molar-refractivity contribution >= 4 is 0 Å². The minimum Gasteiger partial charge on any atom is -0.319 e. The summed E-state index contributed by atoms with van der Waals surface area (Å²) >= 11 is 0. The largest absolute Gasteiger partial charge is 0.319 e. The number of aromatic nitrogens is 2. The number of aryl methyl sites for hydroxylation is 1. The third kappa shape index (κ3) is 2.54. The Morgan fingerprint density at radius 3 is 2.44 bits per heavy atom. The first kappa shape index (κ1) is 12.6. The number of hydrogen-bond acceptors (Lipinski definition) is 3. The molecule has 2 rings (SSSR count). The number of nitrogens with zero attached hydrogens (tertiary/aromatic N) is 2. The van der Waals surface area contributed by atoms with Gasteiger partial charge in [0.05, 0.1) is 11.2 Å². The zero-order valence-electron chi connectivity index (χ0n) is 10.7. The molecule has 94 valence electrons. The van der Waals surface area contributed by atoms with Gasteiger partial charge in [-0.05, 0) is 39.0 Å². The second-order valence-electron chi connectivity index (χ2n) is 4.92. The van der Waals surface area contributed by atoms with Crippen LogP contribution in [-0.2, 0) is 5.54 Å². The minimum absolute atomic E-state index is 0.295. The molecule has 1 aromatic carbocycles. The lowest BCUT2D eigenvalue weighted by atomic mass is 10.0. The van der Waals surface area contributed by atoms with Gasteiger partial charge in [0, 0.05) is 11.3 Å². The Bertz CT molecular complexity index is 573. The molecule has 2 aromatic rings. The van der Waals surface area contributed by atoms with Crippen LogP contribution in [0.15, 0.2) is 30.3 Å². The molecule has 0 unspecified atom stereocenters. The highest BCUT2D eigenvalue weighted by Gasteiger charge is 2.19. The van der Waals surface area contributed by atoms with E-state index in [0.717, 1.165) is 5.69 Å². The molecule has 18 heavy (non-hydrogen) atoms. The van der Waals surface area contributed by atoms with Crippen LogP contribution in [0.4, 0.5) is 4.39 Å². The normalized spacial score (nSPS) is 11.6. The molecule has 1 heterocycles. The summed E-state index contributed by atoms with van der Waals surface area (Å²) in [5, 5.41) is 0.